The summed E-state index contributed by atoms with van der Waals surface area (Å²) in [5.41, 5.74) is 3.70. The molecule has 0 bridgehead atoms. The number of Topliss-reactive ketones (excluding diaryl/α,β-unsaturated/α-hetero) is 1. The quantitative estimate of drug-likeness (QED) is 0.222. The van der Waals surface area contributed by atoms with E-state index in [1.807, 2.05) is 41.0 Å². The number of ketones is 1. The normalized spacial score (nSPS) is 10.9. The Hall–Kier alpha value is -2.60. The first-order valence-electron chi connectivity index (χ1n) is 9.77. The summed E-state index contributed by atoms with van der Waals surface area (Å²) in [5, 5.41) is 10.7. The van der Waals surface area contributed by atoms with Gasteiger partial charge in [-0.1, -0.05) is 54.0 Å². The molecule has 1 heterocycles. The van der Waals surface area contributed by atoms with Crippen LogP contribution >= 0.6 is 35.0 Å². The fourth-order valence-electron chi connectivity index (χ4n) is 3.11. The number of aromatic nitrogens is 3. The third kappa shape index (κ3) is 5.01. The smallest absolute Gasteiger partial charge is 0.196 e. The first-order valence-corrected chi connectivity index (χ1v) is 11.5. The van der Waals surface area contributed by atoms with E-state index in [1.54, 1.807) is 24.3 Å². The van der Waals surface area contributed by atoms with E-state index in [9.17, 15) is 4.79 Å². The first-order chi connectivity index (χ1) is 15.0. The molecular formula is C24H19Cl2N3OS. The lowest BCUT2D eigenvalue weighted by atomic mass is 10.1. The third-order valence-corrected chi connectivity index (χ3v) is 6.27. The minimum absolute atomic E-state index is 0.00518. The van der Waals surface area contributed by atoms with Crippen LogP contribution in [0.4, 0.5) is 0 Å². The highest BCUT2D eigenvalue weighted by atomic mass is 35.5. The third-order valence-electron chi connectivity index (χ3n) is 4.84. The van der Waals surface area contributed by atoms with E-state index in [-0.39, 0.29) is 11.5 Å². The van der Waals surface area contributed by atoms with Crippen LogP contribution < -0.4 is 0 Å². The predicted molar refractivity (Wildman–Crippen MR) is 128 cm³/mol. The van der Waals surface area contributed by atoms with Crippen LogP contribution in [0.3, 0.4) is 0 Å². The van der Waals surface area contributed by atoms with Gasteiger partial charge in [-0.25, -0.2) is 0 Å². The molecule has 0 amide bonds. The molecule has 3 aromatic carbocycles. The summed E-state index contributed by atoms with van der Waals surface area (Å²) in [6.45, 7) is 2.12. The summed E-state index contributed by atoms with van der Waals surface area (Å²) in [7, 11) is 0. The number of thioether (sulfide) groups is 1. The lowest BCUT2D eigenvalue weighted by molar-refractivity contribution is 0.102. The van der Waals surface area contributed by atoms with Crippen LogP contribution in [0.1, 0.15) is 22.8 Å². The molecule has 0 spiro atoms. The molecule has 31 heavy (non-hydrogen) atoms. The topological polar surface area (TPSA) is 47.8 Å². The number of hydrogen-bond acceptors (Lipinski definition) is 4. The maximum absolute atomic E-state index is 12.6. The van der Waals surface area contributed by atoms with Gasteiger partial charge in [0, 0.05) is 26.9 Å². The van der Waals surface area contributed by atoms with Crippen LogP contribution in [0.15, 0.2) is 78.0 Å². The van der Waals surface area contributed by atoms with Crippen LogP contribution in [0.25, 0.3) is 17.1 Å². The first kappa shape index (κ1) is 21.6. The number of benzene rings is 3. The summed E-state index contributed by atoms with van der Waals surface area (Å²) in [4.78, 5) is 12.6. The van der Waals surface area contributed by atoms with Crippen molar-refractivity contribution >= 4 is 40.7 Å². The number of hydrogen-bond donors (Lipinski definition) is 0. The fourth-order valence-corrected chi connectivity index (χ4v) is 4.21. The van der Waals surface area contributed by atoms with Gasteiger partial charge in [0.25, 0.3) is 0 Å². The number of carbonyl (C=O) groups is 1. The average molecular weight is 468 g/mol. The van der Waals surface area contributed by atoms with E-state index < -0.39 is 0 Å². The van der Waals surface area contributed by atoms with Crippen LogP contribution in [-0.4, -0.2) is 26.3 Å². The van der Waals surface area contributed by atoms with Crippen LogP contribution in [-0.2, 0) is 6.42 Å². The zero-order valence-electron chi connectivity index (χ0n) is 16.8. The Kier molecular flexibility index (Phi) is 6.76. The molecule has 0 aliphatic rings. The van der Waals surface area contributed by atoms with E-state index in [2.05, 4.69) is 29.3 Å². The SMILES string of the molecule is CCc1ccc(-n2c(SCC(=O)c3ccc(Cl)cc3)nnc2-c2ccc(Cl)cc2)cc1. The van der Waals surface area contributed by atoms with E-state index in [0.717, 1.165) is 17.7 Å². The van der Waals surface area contributed by atoms with Gasteiger partial charge in [0.1, 0.15) is 0 Å². The van der Waals surface area contributed by atoms with Gasteiger partial charge in [-0.2, -0.15) is 0 Å². The second-order valence-corrected chi connectivity index (χ2v) is 8.70. The molecule has 0 radical (unpaired) electrons. The van der Waals surface area contributed by atoms with Gasteiger partial charge in [0.15, 0.2) is 16.8 Å². The molecule has 1 aromatic heterocycles. The summed E-state index contributed by atoms with van der Waals surface area (Å²) < 4.78 is 1.97. The largest absolute Gasteiger partial charge is 0.293 e. The highest BCUT2D eigenvalue weighted by Gasteiger charge is 2.18. The molecule has 0 atom stereocenters. The zero-order chi connectivity index (χ0) is 21.8. The van der Waals surface area contributed by atoms with Crippen molar-refractivity contribution in [3.63, 3.8) is 0 Å². The number of aryl methyl sites for hydroxylation is 1. The van der Waals surface area contributed by atoms with Gasteiger partial charge in [0.2, 0.25) is 0 Å². The minimum atomic E-state index is 0.00518. The molecule has 0 unspecified atom stereocenters. The fraction of sp³-hybridized carbons (Fsp3) is 0.125. The molecule has 4 rings (SSSR count). The molecule has 0 aliphatic carbocycles. The van der Waals surface area contributed by atoms with Gasteiger partial charge in [-0.05, 0) is 72.6 Å². The molecule has 156 valence electrons. The van der Waals surface area contributed by atoms with E-state index >= 15 is 0 Å². The Morgan fingerprint density at radius 2 is 1.48 bits per heavy atom. The predicted octanol–water partition coefficient (Wildman–Crippen LogP) is 6.78. The summed E-state index contributed by atoms with van der Waals surface area (Å²) in [6, 6.07) is 22.7. The second-order valence-electron chi connectivity index (χ2n) is 6.89. The van der Waals surface area contributed by atoms with Gasteiger partial charge < -0.3 is 0 Å². The Morgan fingerprint density at radius 3 is 2.10 bits per heavy atom. The molecule has 0 N–H and O–H groups in total. The van der Waals surface area contributed by atoms with Crippen molar-refractivity contribution in [2.45, 2.75) is 18.5 Å². The summed E-state index contributed by atoms with van der Waals surface area (Å²) in [5.74, 6) is 0.945. The molecule has 4 aromatic rings. The van der Waals surface area contributed by atoms with Crippen molar-refractivity contribution in [1.29, 1.82) is 0 Å². The van der Waals surface area contributed by atoms with Gasteiger partial charge >= 0.3 is 0 Å². The maximum atomic E-state index is 12.6. The Labute approximate surface area is 195 Å². The van der Waals surface area contributed by atoms with E-state index in [4.69, 9.17) is 23.2 Å². The molecule has 0 fully saturated rings. The molecular weight excluding hydrogens is 449 g/mol. The van der Waals surface area contributed by atoms with Crippen molar-refractivity contribution in [2.24, 2.45) is 0 Å². The van der Waals surface area contributed by atoms with Crippen LogP contribution in [0, 0.1) is 0 Å². The van der Waals surface area contributed by atoms with Gasteiger partial charge in [-0.3, -0.25) is 9.36 Å². The molecule has 0 aliphatic heterocycles. The van der Waals surface area contributed by atoms with Crippen molar-refractivity contribution in [2.75, 3.05) is 5.75 Å². The molecule has 4 nitrogen and oxygen atoms in total. The van der Waals surface area contributed by atoms with Crippen molar-refractivity contribution in [1.82, 2.24) is 14.8 Å². The maximum Gasteiger partial charge on any atom is 0.196 e. The van der Waals surface area contributed by atoms with Crippen molar-refractivity contribution in [3.05, 3.63) is 94.0 Å². The standard InChI is InChI=1S/C24H19Cl2N3OS/c1-2-16-3-13-21(14-4-16)29-23(18-7-11-20(26)12-8-18)27-28-24(29)31-15-22(30)17-5-9-19(25)10-6-17/h3-14H,2,15H2,1H3. The highest BCUT2D eigenvalue weighted by Crippen LogP contribution is 2.29. The van der Waals surface area contributed by atoms with Crippen molar-refractivity contribution in [3.8, 4) is 17.1 Å². The zero-order valence-corrected chi connectivity index (χ0v) is 19.1. The molecule has 7 heteroatoms. The Bertz CT molecular complexity index is 1190. The van der Waals surface area contributed by atoms with Crippen molar-refractivity contribution < 1.29 is 4.79 Å². The Balaban J connectivity index is 1.67. The Morgan fingerprint density at radius 1 is 0.871 bits per heavy atom. The monoisotopic (exact) mass is 467 g/mol. The average Bonchev–Trinajstić information content (AvgIpc) is 3.22. The van der Waals surface area contributed by atoms with E-state index in [1.165, 1.54) is 17.3 Å². The summed E-state index contributed by atoms with van der Waals surface area (Å²) >= 11 is 13.3. The van der Waals surface area contributed by atoms with E-state index in [0.29, 0.717) is 26.6 Å². The lowest BCUT2D eigenvalue weighted by Gasteiger charge is -2.11. The van der Waals surface area contributed by atoms with Gasteiger partial charge in [-0.15, -0.1) is 10.2 Å². The minimum Gasteiger partial charge on any atom is -0.293 e. The summed E-state index contributed by atoms with van der Waals surface area (Å²) in [6.07, 6.45) is 0.962. The number of carbonyl (C=O) groups excluding carboxylic acids is 1. The molecule has 0 saturated carbocycles. The number of nitrogens with zero attached hydrogens (tertiary/aromatic N) is 3. The number of rotatable bonds is 7. The highest BCUT2D eigenvalue weighted by molar-refractivity contribution is 7.99. The molecule has 0 saturated heterocycles. The van der Waals surface area contributed by atoms with Crippen LogP contribution in [0.2, 0.25) is 10.0 Å². The number of halogens is 2. The lowest BCUT2D eigenvalue weighted by Crippen LogP contribution is -2.05. The second kappa shape index (κ2) is 9.69. The van der Waals surface area contributed by atoms with Gasteiger partial charge in [0.05, 0.1) is 5.75 Å². The van der Waals surface area contributed by atoms with Crippen LogP contribution in [0.5, 0.6) is 0 Å².